The van der Waals surface area contributed by atoms with Crippen molar-refractivity contribution in [1.82, 2.24) is 0 Å². The van der Waals surface area contributed by atoms with Crippen LogP contribution in [0.4, 0.5) is 0 Å². The zero-order valence-electron chi connectivity index (χ0n) is 17.2. The summed E-state index contributed by atoms with van der Waals surface area (Å²) in [4.78, 5) is 0. The van der Waals surface area contributed by atoms with Crippen LogP contribution in [0, 0.1) is 40.4 Å². The molecule has 4 aliphatic rings. The Morgan fingerprint density at radius 1 is 0.808 bits per heavy atom. The third-order valence-corrected chi connectivity index (χ3v) is 8.74. The molecular formula is C26H38. The largest absolute Gasteiger partial charge is 0.0802 e. The second kappa shape index (κ2) is 7.17. The molecular weight excluding hydrogens is 312 g/mol. The summed E-state index contributed by atoms with van der Waals surface area (Å²) in [5, 5.41) is 0. The molecule has 2 saturated carbocycles. The number of fused-ring (bicyclic) bond motifs is 3. The Morgan fingerprint density at radius 3 is 1.85 bits per heavy atom. The fraction of sp³-hybridized carbons (Fsp3) is 0.692. The van der Waals surface area contributed by atoms with E-state index in [0.29, 0.717) is 34.5 Å². The highest BCUT2D eigenvalue weighted by atomic mass is 14.7. The minimum atomic E-state index is 0.421. The molecule has 0 nitrogen and oxygen atoms in total. The first-order chi connectivity index (χ1) is 12.7. The molecule has 0 heteroatoms. The van der Waals surface area contributed by atoms with E-state index in [1.54, 1.807) is 0 Å². The SMILES string of the molecule is CCCC(C)(C1CCCC1)C1(CCC)C2C=CC=CC2C2C=CC=CC21. The molecule has 0 bridgehead atoms. The average Bonchev–Trinajstić information content (AvgIpc) is 3.30. The molecule has 0 saturated heterocycles. The highest BCUT2D eigenvalue weighted by Crippen LogP contribution is 2.71. The van der Waals surface area contributed by atoms with Gasteiger partial charge in [-0.1, -0.05) is 95.1 Å². The molecule has 0 aromatic carbocycles. The number of allylic oxidation sites excluding steroid dienone is 8. The van der Waals surface area contributed by atoms with Crippen LogP contribution >= 0.6 is 0 Å². The lowest BCUT2D eigenvalue weighted by Gasteiger charge is -2.57. The molecule has 0 aliphatic heterocycles. The maximum Gasteiger partial charge on any atom is -0.00926 e. The Balaban J connectivity index is 1.88. The van der Waals surface area contributed by atoms with Gasteiger partial charge in [-0.05, 0) is 66.1 Å². The van der Waals surface area contributed by atoms with Gasteiger partial charge in [0.1, 0.15) is 0 Å². The maximum absolute atomic E-state index is 2.72. The molecule has 5 unspecified atom stereocenters. The van der Waals surface area contributed by atoms with Crippen molar-refractivity contribution in [1.29, 1.82) is 0 Å². The van der Waals surface area contributed by atoms with Crippen LogP contribution in [-0.4, -0.2) is 0 Å². The minimum Gasteiger partial charge on any atom is -0.0802 e. The molecule has 4 rings (SSSR count). The molecule has 142 valence electrons. The Kier molecular flexibility index (Phi) is 5.06. The lowest BCUT2D eigenvalue weighted by Crippen LogP contribution is -2.51. The first-order valence-corrected chi connectivity index (χ1v) is 11.4. The zero-order valence-corrected chi connectivity index (χ0v) is 17.2. The Bertz CT molecular complexity index is 578. The molecule has 0 amide bonds. The second-order valence-electron chi connectivity index (χ2n) is 9.69. The van der Waals surface area contributed by atoms with Gasteiger partial charge in [-0.2, -0.15) is 0 Å². The van der Waals surface area contributed by atoms with E-state index < -0.39 is 0 Å². The first kappa shape index (κ1) is 18.3. The summed E-state index contributed by atoms with van der Waals surface area (Å²) in [5.41, 5.74) is 0.881. The summed E-state index contributed by atoms with van der Waals surface area (Å²) in [6.45, 7) is 7.57. The van der Waals surface area contributed by atoms with Crippen molar-refractivity contribution in [2.45, 2.75) is 72.1 Å². The van der Waals surface area contributed by atoms with E-state index in [-0.39, 0.29) is 0 Å². The first-order valence-electron chi connectivity index (χ1n) is 11.4. The molecule has 0 radical (unpaired) electrons. The molecule has 0 aromatic rings. The van der Waals surface area contributed by atoms with Gasteiger partial charge in [0.25, 0.3) is 0 Å². The predicted octanol–water partition coefficient (Wildman–Crippen LogP) is 7.50. The number of hydrogen-bond donors (Lipinski definition) is 0. The summed E-state index contributed by atoms with van der Waals surface area (Å²) >= 11 is 0. The standard InChI is InChI=1S/C26H38/c1-4-18-25(3,20-12-6-7-13-20)26(19-5-2)23-16-10-8-14-21(23)22-15-9-11-17-24(22)26/h8-11,14-17,20-24H,4-7,12-13,18-19H2,1-3H3. The van der Waals surface area contributed by atoms with Crippen molar-refractivity contribution in [3.63, 3.8) is 0 Å². The van der Waals surface area contributed by atoms with E-state index in [2.05, 4.69) is 69.4 Å². The third-order valence-electron chi connectivity index (χ3n) is 8.74. The lowest BCUT2D eigenvalue weighted by molar-refractivity contribution is -0.0674. The summed E-state index contributed by atoms with van der Waals surface area (Å²) in [7, 11) is 0. The van der Waals surface area contributed by atoms with Crippen molar-refractivity contribution in [3.8, 4) is 0 Å². The van der Waals surface area contributed by atoms with Gasteiger partial charge >= 0.3 is 0 Å². The Morgan fingerprint density at radius 2 is 1.35 bits per heavy atom. The highest BCUT2D eigenvalue weighted by Gasteiger charge is 2.65. The number of hydrogen-bond acceptors (Lipinski definition) is 0. The van der Waals surface area contributed by atoms with Crippen molar-refractivity contribution in [3.05, 3.63) is 48.6 Å². The van der Waals surface area contributed by atoms with Crippen molar-refractivity contribution in [2.75, 3.05) is 0 Å². The van der Waals surface area contributed by atoms with Crippen molar-refractivity contribution in [2.24, 2.45) is 40.4 Å². The fourth-order valence-corrected chi connectivity index (χ4v) is 7.93. The van der Waals surface area contributed by atoms with E-state index in [0.717, 1.165) is 5.92 Å². The fourth-order valence-electron chi connectivity index (χ4n) is 7.93. The predicted molar refractivity (Wildman–Crippen MR) is 113 cm³/mol. The molecule has 2 fully saturated rings. The van der Waals surface area contributed by atoms with E-state index in [1.165, 1.54) is 51.4 Å². The van der Waals surface area contributed by atoms with Crippen molar-refractivity contribution >= 4 is 0 Å². The molecule has 26 heavy (non-hydrogen) atoms. The van der Waals surface area contributed by atoms with Crippen LogP contribution in [0.15, 0.2) is 48.6 Å². The van der Waals surface area contributed by atoms with Gasteiger partial charge in [0, 0.05) is 0 Å². The van der Waals surface area contributed by atoms with Gasteiger partial charge in [0.15, 0.2) is 0 Å². The van der Waals surface area contributed by atoms with Gasteiger partial charge in [-0.25, -0.2) is 0 Å². The van der Waals surface area contributed by atoms with E-state index in [4.69, 9.17) is 0 Å². The van der Waals surface area contributed by atoms with Gasteiger partial charge in [-0.3, -0.25) is 0 Å². The van der Waals surface area contributed by atoms with Crippen molar-refractivity contribution < 1.29 is 0 Å². The molecule has 0 N–H and O–H groups in total. The summed E-state index contributed by atoms with van der Waals surface area (Å²) in [5.74, 6) is 3.76. The monoisotopic (exact) mass is 350 g/mol. The molecule has 0 aromatic heterocycles. The van der Waals surface area contributed by atoms with E-state index in [9.17, 15) is 0 Å². The quantitative estimate of drug-likeness (QED) is 0.465. The van der Waals surface area contributed by atoms with Crippen LogP contribution in [0.1, 0.15) is 72.1 Å². The van der Waals surface area contributed by atoms with Gasteiger partial charge in [-0.15, -0.1) is 0 Å². The van der Waals surface area contributed by atoms with Crippen LogP contribution < -0.4 is 0 Å². The van der Waals surface area contributed by atoms with Crippen LogP contribution in [0.25, 0.3) is 0 Å². The maximum atomic E-state index is 2.72. The highest BCUT2D eigenvalue weighted by molar-refractivity contribution is 5.33. The molecule has 5 atom stereocenters. The zero-order chi connectivity index (χ0) is 18.2. The minimum absolute atomic E-state index is 0.421. The average molecular weight is 351 g/mol. The van der Waals surface area contributed by atoms with Crippen LogP contribution in [0.5, 0.6) is 0 Å². The summed E-state index contributed by atoms with van der Waals surface area (Å²) < 4.78 is 0. The lowest BCUT2D eigenvalue weighted by atomic mass is 9.47. The molecule has 0 heterocycles. The van der Waals surface area contributed by atoms with Crippen LogP contribution in [-0.2, 0) is 0 Å². The topological polar surface area (TPSA) is 0 Å². The molecule has 4 aliphatic carbocycles. The van der Waals surface area contributed by atoms with Gasteiger partial charge in [0.2, 0.25) is 0 Å². The van der Waals surface area contributed by atoms with Crippen LogP contribution in [0.2, 0.25) is 0 Å². The summed E-state index contributed by atoms with van der Waals surface area (Å²) in [6.07, 6.45) is 31.0. The Hall–Kier alpha value is -1.04. The molecule has 0 spiro atoms. The smallest absolute Gasteiger partial charge is 0.00926 e. The van der Waals surface area contributed by atoms with Gasteiger partial charge < -0.3 is 0 Å². The normalized spacial score (nSPS) is 40.6. The van der Waals surface area contributed by atoms with E-state index >= 15 is 0 Å². The summed E-state index contributed by atoms with van der Waals surface area (Å²) in [6, 6.07) is 0. The van der Waals surface area contributed by atoms with Gasteiger partial charge in [0.05, 0.1) is 0 Å². The second-order valence-corrected chi connectivity index (χ2v) is 9.69. The number of rotatable bonds is 6. The van der Waals surface area contributed by atoms with Crippen LogP contribution in [0.3, 0.4) is 0 Å². The third kappa shape index (κ3) is 2.47. The van der Waals surface area contributed by atoms with E-state index in [1.807, 2.05) is 0 Å². The Labute approximate surface area is 161 Å².